The maximum atomic E-state index is 13.1. The van der Waals surface area contributed by atoms with Crippen molar-refractivity contribution < 1.29 is 9.13 Å². The van der Waals surface area contributed by atoms with E-state index in [4.69, 9.17) is 27.9 Å². The van der Waals surface area contributed by atoms with Gasteiger partial charge in [0.15, 0.2) is 0 Å². The van der Waals surface area contributed by atoms with Gasteiger partial charge >= 0.3 is 0 Å². The van der Waals surface area contributed by atoms with Gasteiger partial charge in [0, 0.05) is 12.1 Å². The summed E-state index contributed by atoms with van der Waals surface area (Å²) < 4.78 is 18.4. The topological polar surface area (TPSA) is 35.0 Å². The number of halogens is 3. The zero-order valence-electron chi connectivity index (χ0n) is 7.82. The Morgan fingerprint density at radius 3 is 2.62 bits per heavy atom. The van der Waals surface area contributed by atoms with E-state index in [1.54, 1.807) is 0 Å². The lowest BCUT2D eigenvalue weighted by Crippen LogP contribution is -1.89. The molecule has 0 amide bonds. The third-order valence-corrected chi connectivity index (χ3v) is 2.24. The fourth-order valence-corrected chi connectivity index (χ4v) is 1.29. The molecule has 0 spiro atoms. The van der Waals surface area contributed by atoms with Crippen LogP contribution >= 0.6 is 23.2 Å². The number of ether oxygens (including phenoxy) is 1. The number of benzene rings is 1. The van der Waals surface area contributed by atoms with E-state index in [0.717, 1.165) is 0 Å². The number of rotatable bonds is 2. The molecule has 0 unspecified atom stereocenters. The quantitative estimate of drug-likeness (QED) is 0.771. The summed E-state index contributed by atoms with van der Waals surface area (Å²) >= 11 is 11.2. The summed E-state index contributed by atoms with van der Waals surface area (Å²) in [7, 11) is 0. The van der Waals surface area contributed by atoms with Crippen LogP contribution in [0, 0.1) is 5.82 Å². The van der Waals surface area contributed by atoms with Gasteiger partial charge < -0.3 is 4.74 Å². The first-order chi connectivity index (χ1) is 7.65. The standard InChI is InChI=1S/C10H5Cl2FN2O/c11-7-2-1-6(3-8(7)13)16-10-4-9(12)14-5-15-10/h1-5H. The summed E-state index contributed by atoms with van der Waals surface area (Å²) in [5.74, 6) is -0.0299. The van der Waals surface area contributed by atoms with E-state index in [1.165, 1.54) is 30.6 Å². The van der Waals surface area contributed by atoms with E-state index in [-0.39, 0.29) is 21.8 Å². The van der Waals surface area contributed by atoms with Gasteiger partial charge in [0.1, 0.15) is 23.0 Å². The van der Waals surface area contributed by atoms with Gasteiger partial charge in [-0.25, -0.2) is 14.4 Å². The molecule has 0 saturated carbocycles. The Morgan fingerprint density at radius 2 is 1.94 bits per heavy atom. The van der Waals surface area contributed by atoms with Crippen molar-refractivity contribution in [2.75, 3.05) is 0 Å². The van der Waals surface area contributed by atoms with Crippen LogP contribution in [0.25, 0.3) is 0 Å². The molecule has 0 aliphatic rings. The normalized spacial score (nSPS) is 10.2. The first-order valence-electron chi connectivity index (χ1n) is 4.25. The van der Waals surface area contributed by atoms with E-state index in [1.807, 2.05) is 0 Å². The Kier molecular flexibility index (Phi) is 3.22. The van der Waals surface area contributed by atoms with Crippen molar-refractivity contribution in [3.8, 4) is 11.6 Å². The minimum atomic E-state index is -0.556. The van der Waals surface area contributed by atoms with Crippen molar-refractivity contribution in [3.05, 3.63) is 46.6 Å². The third kappa shape index (κ3) is 2.59. The van der Waals surface area contributed by atoms with Crippen LogP contribution in [-0.2, 0) is 0 Å². The van der Waals surface area contributed by atoms with Gasteiger partial charge in [-0.3, -0.25) is 0 Å². The molecule has 2 rings (SSSR count). The lowest BCUT2D eigenvalue weighted by Gasteiger charge is -2.04. The van der Waals surface area contributed by atoms with Gasteiger partial charge in [0.05, 0.1) is 5.02 Å². The molecule has 0 saturated heterocycles. The monoisotopic (exact) mass is 258 g/mol. The Hall–Kier alpha value is -1.39. The Morgan fingerprint density at radius 1 is 1.12 bits per heavy atom. The van der Waals surface area contributed by atoms with Crippen LogP contribution in [0.4, 0.5) is 4.39 Å². The Balaban J connectivity index is 2.24. The van der Waals surface area contributed by atoms with Crippen LogP contribution in [0.2, 0.25) is 10.2 Å². The molecule has 82 valence electrons. The van der Waals surface area contributed by atoms with Gasteiger partial charge in [-0.1, -0.05) is 23.2 Å². The summed E-state index contributed by atoms with van der Waals surface area (Å²) in [6, 6.07) is 5.52. The molecule has 1 aromatic heterocycles. The second-order valence-corrected chi connectivity index (χ2v) is 3.65. The summed E-state index contributed by atoms with van der Waals surface area (Å²) in [6.45, 7) is 0. The number of hydrogen-bond acceptors (Lipinski definition) is 3. The summed E-state index contributed by atoms with van der Waals surface area (Å²) in [5, 5.41) is 0.285. The smallest absolute Gasteiger partial charge is 0.223 e. The summed E-state index contributed by atoms with van der Waals surface area (Å²) in [4.78, 5) is 7.51. The fourth-order valence-electron chi connectivity index (χ4n) is 1.03. The molecule has 16 heavy (non-hydrogen) atoms. The lowest BCUT2D eigenvalue weighted by atomic mass is 10.3. The van der Waals surface area contributed by atoms with Crippen molar-refractivity contribution >= 4 is 23.2 Å². The average molecular weight is 259 g/mol. The van der Waals surface area contributed by atoms with Crippen LogP contribution in [0.15, 0.2) is 30.6 Å². The molecule has 0 aliphatic heterocycles. The number of hydrogen-bond donors (Lipinski definition) is 0. The second-order valence-electron chi connectivity index (χ2n) is 2.86. The predicted octanol–water partition coefficient (Wildman–Crippen LogP) is 3.71. The van der Waals surface area contributed by atoms with Crippen molar-refractivity contribution in [1.29, 1.82) is 0 Å². The SMILES string of the molecule is Fc1cc(Oc2cc(Cl)ncn2)ccc1Cl. The maximum absolute atomic E-state index is 13.1. The van der Waals surface area contributed by atoms with Gasteiger partial charge in [-0.05, 0) is 12.1 Å². The van der Waals surface area contributed by atoms with E-state index in [0.29, 0.717) is 0 Å². The van der Waals surface area contributed by atoms with Gasteiger partial charge in [-0.15, -0.1) is 0 Å². The highest BCUT2D eigenvalue weighted by Gasteiger charge is 2.04. The first kappa shape index (κ1) is 11.1. The highest BCUT2D eigenvalue weighted by Crippen LogP contribution is 2.24. The number of aromatic nitrogens is 2. The maximum Gasteiger partial charge on any atom is 0.223 e. The molecule has 0 N–H and O–H groups in total. The molecule has 6 heteroatoms. The molecule has 0 aliphatic carbocycles. The Labute approximate surface area is 101 Å². The molecule has 3 nitrogen and oxygen atoms in total. The Bertz CT molecular complexity index is 522. The van der Waals surface area contributed by atoms with E-state index < -0.39 is 5.82 Å². The highest BCUT2D eigenvalue weighted by molar-refractivity contribution is 6.30. The molecule has 2 aromatic rings. The first-order valence-corrected chi connectivity index (χ1v) is 5.01. The molecule has 0 bridgehead atoms. The molecule has 1 aromatic carbocycles. The van der Waals surface area contributed by atoms with Crippen LogP contribution in [-0.4, -0.2) is 9.97 Å². The minimum Gasteiger partial charge on any atom is -0.439 e. The van der Waals surface area contributed by atoms with Crippen LogP contribution in [0.5, 0.6) is 11.6 Å². The van der Waals surface area contributed by atoms with Crippen LogP contribution in [0.1, 0.15) is 0 Å². The van der Waals surface area contributed by atoms with Crippen molar-refractivity contribution in [2.24, 2.45) is 0 Å². The average Bonchev–Trinajstić information content (AvgIpc) is 2.24. The van der Waals surface area contributed by atoms with E-state index in [2.05, 4.69) is 9.97 Å². The minimum absolute atomic E-state index is 0.0352. The molecule has 0 atom stereocenters. The predicted molar refractivity (Wildman–Crippen MR) is 58.5 cm³/mol. The van der Waals surface area contributed by atoms with Crippen molar-refractivity contribution in [3.63, 3.8) is 0 Å². The van der Waals surface area contributed by atoms with Crippen LogP contribution in [0.3, 0.4) is 0 Å². The van der Waals surface area contributed by atoms with Crippen molar-refractivity contribution in [2.45, 2.75) is 0 Å². The fraction of sp³-hybridized carbons (Fsp3) is 0. The van der Waals surface area contributed by atoms with E-state index >= 15 is 0 Å². The molecule has 0 radical (unpaired) electrons. The molecular formula is C10H5Cl2FN2O. The molecule has 0 fully saturated rings. The van der Waals surface area contributed by atoms with Gasteiger partial charge in [0.25, 0.3) is 0 Å². The number of nitrogens with zero attached hydrogens (tertiary/aromatic N) is 2. The molecule has 1 heterocycles. The highest BCUT2D eigenvalue weighted by atomic mass is 35.5. The van der Waals surface area contributed by atoms with Gasteiger partial charge in [-0.2, -0.15) is 0 Å². The largest absolute Gasteiger partial charge is 0.439 e. The summed E-state index contributed by atoms with van der Waals surface area (Å²) in [5.41, 5.74) is 0. The lowest BCUT2D eigenvalue weighted by molar-refractivity contribution is 0.457. The molecular weight excluding hydrogens is 254 g/mol. The summed E-state index contributed by atoms with van der Waals surface area (Å²) in [6.07, 6.45) is 1.25. The van der Waals surface area contributed by atoms with Crippen LogP contribution < -0.4 is 4.74 Å². The zero-order chi connectivity index (χ0) is 11.5. The third-order valence-electron chi connectivity index (χ3n) is 1.72. The second kappa shape index (κ2) is 4.63. The van der Waals surface area contributed by atoms with Gasteiger partial charge in [0.2, 0.25) is 5.88 Å². The van der Waals surface area contributed by atoms with E-state index in [9.17, 15) is 4.39 Å². The zero-order valence-corrected chi connectivity index (χ0v) is 9.34. The van der Waals surface area contributed by atoms with Crippen molar-refractivity contribution in [1.82, 2.24) is 9.97 Å².